The average Bonchev–Trinajstić information content (AvgIpc) is 2.83. The fourth-order valence-electron chi connectivity index (χ4n) is 2.51. The van der Waals surface area contributed by atoms with Crippen molar-refractivity contribution in [3.63, 3.8) is 0 Å². The minimum absolute atomic E-state index is 0.197. The van der Waals surface area contributed by atoms with Gasteiger partial charge in [-0.05, 0) is 30.2 Å². The van der Waals surface area contributed by atoms with Gasteiger partial charge >= 0.3 is 0 Å². The summed E-state index contributed by atoms with van der Waals surface area (Å²) in [6.07, 6.45) is 2.64. The van der Waals surface area contributed by atoms with Crippen molar-refractivity contribution in [2.24, 2.45) is 5.92 Å². The van der Waals surface area contributed by atoms with Gasteiger partial charge in [0.2, 0.25) is 5.91 Å². The summed E-state index contributed by atoms with van der Waals surface area (Å²) in [5.74, 6) is 1.94. The van der Waals surface area contributed by atoms with Gasteiger partial charge in [0.05, 0.1) is 11.9 Å². The predicted molar refractivity (Wildman–Crippen MR) is 80.3 cm³/mol. The van der Waals surface area contributed by atoms with E-state index in [0.717, 1.165) is 29.6 Å². The van der Waals surface area contributed by atoms with E-state index in [0.29, 0.717) is 30.5 Å². The number of carbonyl (C=O) groups excluding carboxylic acids is 1. The Hall–Kier alpha value is -1.69. The summed E-state index contributed by atoms with van der Waals surface area (Å²) in [5, 5.41) is 2.85. The van der Waals surface area contributed by atoms with Gasteiger partial charge in [-0.3, -0.25) is 4.79 Å². The van der Waals surface area contributed by atoms with E-state index in [1.807, 2.05) is 16.3 Å². The van der Waals surface area contributed by atoms with Gasteiger partial charge in [-0.15, -0.1) is 11.3 Å². The third kappa shape index (κ3) is 2.60. The quantitative estimate of drug-likeness (QED) is 0.922. The molecule has 1 atom stereocenters. The van der Waals surface area contributed by atoms with Crippen LogP contribution in [-0.2, 0) is 11.3 Å². The number of likely N-dealkylation sites (tertiary alicyclic amines) is 1. The maximum Gasteiger partial charge on any atom is 0.222 e. The van der Waals surface area contributed by atoms with E-state index in [1.54, 1.807) is 11.3 Å². The van der Waals surface area contributed by atoms with Crippen molar-refractivity contribution in [2.75, 3.05) is 12.3 Å². The molecule has 1 unspecified atom stereocenters. The molecule has 0 aromatic carbocycles. The molecule has 1 aliphatic rings. The summed E-state index contributed by atoms with van der Waals surface area (Å²) < 4.78 is 0. The van der Waals surface area contributed by atoms with Gasteiger partial charge in [-0.2, -0.15) is 0 Å². The van der Waals surface area contributed by atoms with E-state index in [1.165, 1.54) is 0 Å². The molecule has 20 heavy (non-hydrogen) atoms. The number of hydrogen-bond donors (Lipinski definition) is 1. The van der Waals surface area contributed by atoms with Gasteiger partial charge in [0.15, 0.2) is 5.82 Å². The largest absolute Gasteiger partial charge is 0.383 e. The lowest BCUT2D eigenvalue weighted by Gasteiger charge is -2.19. The maximum absolute atomic E-state index is 12.1. The Kier molecular flexibility index (Phi) is 3.56. The highest BCUT2D eigenvalue weighted by atomic mass is 32.1. The van der Waals surface area contributed by atoms with Crippen LogP contribution in [0.3, 0.4) is 0 Å². The molecular weight excluding hydrogens is 272 g/mol. The molecule has 2 N–H and O–H groups in total. The van der Waals surface area contributed by atoms with Gasteiger partial charge in [-0.25, -0.2) is 9.97 Å². The number of nitrogens with two attached hydrogens (primary N) is 1. The van der Waals surface area contributed by atoms with Crippen molar-refractivity contribution in [1.29, 1.82) is 0 Å². The Morgan fingerprint density at radius 1 is 1.45 bits per heavy atom. The zero-order valence-corrected chi connectivity index (χ0v) is 12.3. The smallest absolute Gasteiger partial charge is 0.222 e. The molecule has 1 aliphatic heterocycles. The molecule has 0 aliphatic carbocycles. The molecule has 0 saturated carbocycles. The number of carbonyl (C=O) groups is 1. The predicted octanol–water partition coefficient (Wildman–Crippen LogP) is 2.42. The molecule has 2 aromatic heterocycles. The average molecular weight is 290 g/mol. The number of anilines is 1. The Bertz CT molecular complexity index is 639. The molecule has 5 nitrogen and oxygen atoms in total. The van der Waals surface area contributed by atoms with E-state index in [4.69, 9.17) is 5.73 Å². The lowest BCUT2D eigenvalue weighted by atomic mass is 10.0. The van der Waals surface area contributed by atoms with Crippen molar-refractivity contribution >= 4 is 33.3 Å². The second kappa shape index (κ2) is 5.36. The van der Waals surface area contributed by atoms with Crippen LogP contribution in [0.15, 0.2) is 11.4 Å². The number of hydrogen-bond acceptors (Lipinski definition) is 5. The molecule has 0 bridgehead atoms. The Morgan fingerprint density at radius 3 is 3.15 bits per heavy atom. The molecule has 1 saturated heterocycles. The summed E-state index contributed by atoms with van der Waals surface area (Å²) in [6.45, 7) is 3.44. The topological polar surface area (TPSA) is 72.1 Å². The highest BCUT2D eigenvalue weighted by molar-refractivity contribution is 7.16. The SMILES string of the molecule is CC1CCC(=O)N(Cc2nc(N)c3ccsc3n2)CC1. The number of nitrogen functional groups attached to an aromatic ring is 1. The fraction of sp³-hybridized carbons (Fsp3) is 0.500. The van der Waals surface area contributed by atoms with E-state index in [9.17, 15) is 4.79 Å². The summed E-state index contributed by atoms with van der Waals surface area (Å²) in [6, 6.07) is 1.93. The van der Waals surface area contributed by atoms with Crippen LogP contribution in [0.4, 0.5) is 5.82 Å². The monoisotopic (exact) mass is 290 g/mol. The first-order valence-corrected chi connectivity index (χ1v) is 7.79. The maximum atomic E-state index is 12.1. The molecule has 0 spiro atoms. The normalized spacial score (nSPS) is 20.4. The summed E-state index contributed by atoms with van der Waals surface area (Å²) in [4.78, 5) is 23.7. The van der Waals surface area contributed by atoms with Crippen LogP contribution in [0.2, 0.25) is 0 Å². The number of fused-ring (bicyclic) bond motifs is 1. The number of aromatic nitrogens is 2. The highest BCUT2D eigenvalue weighted by Crippen LogP contribution is 2.24. The first-order valence-electron chi connectivity index (χ1n) is 6.91. The first kappa shape index (κ1) is 13.3. The van der Waals surface area contributed by atoms with E-state index < -0.39 is 0 Å². The van der Waals surface area contributed by atoms with E-state index in [2.05, 4.69) is 16.9 Å². The second-order valence-electron chi connectivity index (χ2n) is 5.41. The van der Waals surface area contributed by atoms with Gasteiger partial charge in [-0.1, -0.05) is 6.92 Å². The molecular formula is C14H18N4OS. The standard InChI is InChI=1S/C14H18N4OS/c1-9-2-3-12(19)18(6-4-9)8-11-16-13(15)10-5-7-20-14(10)17-11/h5,7,9H,2-4,6,8H2,1H3,(H2,15,16,17). The van der Waals surface area contributed by atoms with Crippen molar-refractivity contribution in [3.8, 4) is 0 Å². The van der Waals surface area contributed by atoms with Gasteiger partial charge in [0.1, 0.15) is 10.6 Å². The van der Waals surface area contributed by atoms with Crippen LogP contribution in [0.1, 0.15) is 32.0 Å². The number of amides is 1. The van der Waals surface area contributed by atoms with Crippen LogP contribution < -0.4 is 5.73 Å². The van der Waals surface area contributed by atoms with Crippen molar-refractivity contribution in [1.82, 2.24) is 14.9 Å². The van der Waals surface area contributed by atoms with Crippen molar-refractivity contribution in [3.05, 3.63) is 17.3 Å². The van der Waals surface area contributed by atoms with Crippen LogP contribution in [0.5, 0.6) is 0 Å². The summed E-state index contributed by atoms with van der Waals surface area (Å²) in [7, 11) is 0. The molecule has 3 heterocycles. The summed E-state index contributed by atoms with van der Waals surface area (Å²) in [5.41, 5.74) is 5.95. The Balaban J connectivity index is 1.82. The number of nitrogens with zero attached hydrogens (tertiary/aromatic N) is 3. The first-order chi connectivity index (χ1) is 9.63. The highest BCUT2D eigenvalue weighted by Gasteiger charge is 2.21. The van der Waals surface area contributed by atoms with Crippen LogP contribution in [0.25, 0.3) is 10.2 Å². The molecule has 6 heteroatoms. The molecule has 2 aromatic rings. The molecule has 0 radical (unpaired) electrons. The minimum Gasteiger partial charge on any atom is -0.383 e. The molecule has 3 rings (SSSR count). The van der Waals surface area contributed by atoms with Crippen LogP contribution in [-0.4, -0.2) is 27.3 Å². The van der Waals surface area contributed by atoms with Gasteiger partial charge in [0, 0.05) is 13.0 Å². The Labute approximate surface area is 121 Å². The zero-order valence-electron chi connectivity index (χ0n) is 11.5. The van der Waals surface area contributed by atoms with Gasteiger partial charge < -0.3 is 10.6 Å². The zero-order chi connectivity index (χ0) is 14.1. The third-order valence-corrected chi connectivity index (χ3v) is 4.64. The second-order valence-corrected chi connectivity index (χ2v) is 6.31. The molecule has 1 fully saturated rings. The minimum atomic E-state index is 0.197. The molecule has 1 amide bonds. The lowest BCUT2D eigenvalue weighted by molar-refractivity contribution is -0.131. The van der Waals surface area contributed by atoms with Crippen molar-refractivity contribution < 1.29 is 4.79 Å². The number of rotatable bonds is 2. The molecule has 106 valence electrons. The Morgan fingerprint density at radius 2 is 2.30 bits per heavy atom. The summed E-state index contributed by atoms with van der Waals surface area (Å²) >= 11 is 1.55. The lowest BCUT2D eigenvalue weighted by Crippen LogP contribution is -2.30. The third-order valence-electron chi connectivity index (χ3n) is 3.83. The fourth-order valence-corrected chi connectivity index (χ4v) is 3.30. The van der Waals surface area contributed by atoms with Gasteiger partial charge in [0.25, 0.3) is 0 Å². The van der Waals surface area contributed by atoms with E-state index >= 15 is 0 Å². The van der Waals surface area contributed by atoms with E-state index in [-0.39, 0.29) is 5.91 Å². The number of thiophene rings is 1. The van der Waals surface area contributed by atoms with Crippen LogP contribution >= 0.6 is 11.3 Å². The van der Waals surface area contributed by atoms with Crippen LogP contribution in [0, 0.1) is 5.92 Å². The van der Waals surface area contributed by atoms with Crippen molar-refractivity contribution in [2.45, 2.75) is 32.7 Å².